The number of benzene rings is 2. The molecule has 0 amide bonds. The molecule has 4 nitrogen and oxygen atoms in total. The Labute approximate surface area is 109 Å². The first-order valence-electron chi connectivity index (χ1n) is 6.15. The molecule has 0 radical (unpaired) electrons. The normalized spacial score (nSPS) is 12.7. The van der Waals surface area contributed by atoms with Crippen molar-refractivity contribution in [2.75, 3.05) is 6.54 Å². The minimum absolute atomic E-state index is 0.103. The monoisotopic (exact) mass is 254 g/mol. The summed E-state index contributed by atoms with van der Waals surface area (Å²) in [7, 11) is 0. The molecule has 0 saturated heterocycles. The van der Waals surface area contributed by atoms with E-state index in [0.717, 1.165) is 11.1 Å². The maximum atomic E-state index is 11.2. The van der Waals surface area contributed by atoms with Crippen LogP contribution < -0.4 is 11.5 Å². The molecule has 3 N–H and O–H groups in total. The summed E-state index contributed by atoms with van der Waals surface area (Å²) < 4.78 is 5.09. The second kappa shape index (κ2) is 4.74. The van der Waals surface area contributed by atoms with Crippen LogP contribution in [-0.4, -0.2) is 11.5 Å². The van der Waals surface area contributed by atoms with Gasteiger partial charge in [0.2, 0.25) is 0 Å². The Bertz CT molecular complexity index is 743. The lowest BCUT2D eigenvalue weighted by molar-refractivity contribution is 0.555. The molecule has 3 rings (SSSR count). The number of H-pyrrole nitrogens is 1. The molecule has 0 fully saturated rings. The van der Waals surface area contributed by atoms with Gasteiger partial charge in [-0.05, 0) is 23.3 Å². The molecule has 1 aromatic heterocycles. The summed E-state index contributed by atoms with van der Waals surface area (Å²) in [5.41, 5.74) is 9.36. The maximum absolute atomic E-state index is 11.2. The van der Waals surface area contributed by atoms with Crippen LogP contribution in [-0.2, 0) is 0 Å². The van der Waals surface area contributed by atoms with E-state index in [2.05, 4.69) is 17.1 Å². The molecular formula is C15H14N2O2. The van der Waals surface area contributed by atoms with Crippen molar-refractivity contribution in [3.05, 3.63) is 70.2 Å². The van der Waals surface area contributed by atoms with Crippen molar-refractivity contribution in [1.82, 2.24) is 4.98 Å². The number of oxazole rings is 1. The van der Waals surface area contributed by atoms with Gasteiger partial charge >= 0.3 is 5.76 Å². The first-order chi connectivity index (χ1) is 9.28. The molecule has 0 aliphatic carbocycles. The van der Waals surface area contributed by atoms with Gasteiger partial charge in [0.05, 0.1) is 5.52 Å². The molecule has 0 aliphatic rings. The average Bonchev–Trinajstić information content (AvgIpc) is 2.80. The van der Waals surface area contributed by atoms with Crippen molar-refractivity contribution in [3.8, 4) is 0 Å². The molecule has 3 aromatic rings. The van der Waals surface area contributed by atoms with Gasteiger partial charge in [0.15, 0.2) is 5.58 Å². The number of fused-ring (bicyclic) bond motifs is 1. The number of aromatic amines is 1. The van der Waals surface area contributed by atoms with Crippen molar-refractivity contribution in [2.24, 2.45) is 5.73 Å². The first-order valence-corrected chi connectivity index (χ1v) is 6.15. The molecule has 19 heavy (non-hydrogen) atoms. The molecule has 0 bridgehead atoms. The first kappa shape index (κ1) is 11.7. The molecule has 4 heteroatoms. The van der Waals surface area contributed by atoms with Crippen molar-refractivity contribution in [2.45, 2.75) is 5.92 Å². The Morgan fingerprint density at radius 3 is 2.63 bits per heavy atom. The Morgan fingerprint density at radius 1 is 1.11 bits per heavy atom. The average molecular weight is 254 g/mol. The molecule has 0 saturated carbocycles. The predicted octanol–water partition coefficient (Wildman–Crippen LogP) is 2.21. The Balaban J connectivity index is 2.08. The summed E-state index contributed by atoms with van der Waals surface area (Å²) in [5.74, 6) is -0.332. The van der Waals surface area contributed by atoms with Crippen LogP contribution in [0.4, 0.5) is 0 Å². The lowest BCUT2D eigenvalue weighted by atomic mass is 9.91. The summed E-state index contributed by atoms with van der Waals surface area (Å²) in [5, 5.41) is 0. The van der Waals surface area contributed by atoms with E-state index in [4.69, 9.17) is 10.2 Å². The quantitative estimate of drug-likeness (QED) is 0.752. The van der Waals surface area contributed by atoms with Crippen LogP contribution >= 0.6 is 0 Å². The van der Waals surface area contributed by atoms with Crippen molar-refractivity contribution >= 4 is 11.1 Å². The van der Waals surface area contributed by atoms with Crippen molar-refractivity contribution in [1.29, 1.82) is 0 Å². The van der Waals surface area contributed by atoms with E-state index in [-0.39, 0.29) is 5.92 Å². The molecular weight excluding hydrogens is 240 g/mol. The summed E-state index contributed by atoms with van der Waals surface area (Å²) in [6, 6.07) is 15.8. The summed E-state index contributed by atoms with van der Waals surface area (Å²) in [6.45, 7) is 0.504. The van der Waals surface area contributed by atoms with Crippen LogP contribution in [0.1, 0.15) is 17.0 Å². The molecule has 2 aromatic carbocycles. The minimum Gasteiger partial charge on any atom is -0.408 e. The standard InChI is InChI=1S/C15H14N2O2/c16-9-12(10-4-2-1-3-5-10)11-6-7-13-14(8-11)19-15(18)17-13/h1-8,12H,9,16H2,(H,17,18). The Hall–Kier alpha value is -2.33. The molecule has 0 aliphatic heterocycles. The molecule has 0 spiro atoms. The smallest absolute Gasteiger partial charge is 0.408 e. The lowest BCUT2D eigenvalue weighted by Gasteiger charge is -2.15. The third-order valence-electron chi connectivity index (χ3n) is 3.29. The van der Waals surface area contributed by atoms with Crippen molar-refractivity contribution < 1.29 is 4.42 Å². The lowest BCUT2D eigenvalue weighted by Crippen LogP contribution is -2.13. The zero-order valence-corrected chi connectivity index (χ0v) is 10.3. The van der Waals surface area contributed by atoms with Crippen LogP contribution in [0.25, 0.3) is 11.1 Å². The predicted molar refractivity (Wildman–Crippen MR) is 74.2 cm³/mol. The minimum atomic E-state index is -0.434. The van der Waals surface area contributed by atoms with Crippen LogP contribution in [0.3, 0.4) is 0 Å². The van der Waals surface area contributed by atoms with Gasteiger partial charge in [-0.1, -0.05) is 36.4 Å². The van der Waals surface area contributed by atoms with Gasteiger partial charge in [-0.25, -0.2) is 4.79 Å². The maximum Gasteiger partial charge on any atom is 0.417 e. The highest BCUT2D eigenvalue weighted by Crippen LogP contribution is 2.25. The number of hydrogen-bond donors (Lipinski definition) is 2. The van der Waals surface area contributed by atoms with Gasteiger partial charge in [0, 0.05) is 12.5 Å². The fraction of sp³-hybridized carbons (Fsp3) is 0.133. The second-order valence-corrected chi connectivity index (χ2v) is 4.47. The highest BCUT2D eigenvalue weighted by atomic mass is 16.4. The topological polar surface area (TPSA) is 72.0 Å². The molecule has 1 atom stereocenters. The van der Waals surface area contributed by atoms with Crippen LogP contribution in [0, 0.1) is 0 Å². The third kappa shape index (κ3) is 2.18. The summed E-state index contributed by atoms with van der Waals surface area (Å²) in [4.78, 5) is 13.8. The van der Waals surface area contributed by atoms with E-state index in [1.54, 1.807) is 0 Å². The fourth-order valence-electron chi connectivity index (χ4n) is 2.33. The van der Waals surface area contributed by atoms with Crippen LogP contribution in [0.15, 0.2) is 57.7 Å². The second-order valence-electron chi connectivity index (χ2n) is 4.47. The van der Waals surface area contributed by atoms with Gasteiger partial charge in [-0.3, -0.25) is 4.98 Å². The fourth-order valence-corrected chi connectivity index (χ4v) is 2.33. The Kier molecular flexibility index (Phi) is 2.93. The summed E-state index contributed by atoms with van der Waals surface area (Å²) >= 11 is 0. The van der Waals surface area contributed by atoms with E-state index < -0.39 is 5.76 Å². The molecule has 1 heterocycles. The largest absolute Gasteiger partial charge is 0.417 e. The Morgan fingerprint density at radius 2 is 1.89 bits per heavy atom. The highest BCUT2D eigenvalue weighted by molar-refractivity contribution is 5.73. The highest BCUT2D eigenvalue weighted by Gasteiger charge is 2.13. The van der Waals surface area contributed by atoms with Crippen molar-refractivity contribution in [3.63, 3.8) is 0 Å². The molecule has 1 unspecified atom stereocenters. The van der Waals surface area contributed by atoms with E-state index in [9.17, 15) is 4.79 Å². The van der Waals surface area contributed by atoms with Gasteiger partial charge < -0.3 is 10.2 Å². The van der Waals surface area contributed by atoms with Gasteiger partial charge in [-0.2, -0.15) is 0 Å². The number of nitrogens with two attached hydrogens (primary N) is 1. The van der Waals surface area contributed by atoms with Crippen LogP contribution in [0.5, 0.6) is 0 Å². The van der Waals surface area contributed by atoms with E-state index >= 15 is 0 Å². The third-order valence-corrected chi connectivity index (χ3v) is 3.29. The van der Waals surface area contributed by atoms with Gasteiger partial charge in [0.1, 0.15) is 0 Å². The van der Waals surface area contributed by atoms with E-state index in [1.807, 2.05) is 36.4 Å². The number of aromatic nitrogens is 1. The zero-order valence-electron chi connectivity index (χ0n) is 10.3. The zero-order chi connectivity index (χ0) is 13.2. The van der Waals surface area contributed by atoms with Crippen LogP contribution in [0.2, 0.25) is 0 Å². The number of nitrogens with one attached hydrogen (secondary N) is 1. The van der Waals surface area contributed by atoms with E-state index in [0.29, 0.717) is 17.6 Å². The van der Waals surface area contributed by atoms with E-state index in [1.165, 1.54) is 0 Å². The summed E-state index contributed by atoms with van der Waals surface area (Å²) in [6.07, 6.45) is 0. The van der Waals surface area contributed by atoms with Gasteiger partial charge in [-0.15, -0.1) is 0 Å². The number of hydrogen-bond acceptors (Lipinski definition) is 3. The van der Waals surface area contributed by atoms with Gasteiger partial charge in [0.25, 0.3) is 0 Å². The molecule has 96 valence electrons. The SMILES string of the molecule is NCC(c1ccccc1)c1ccc2[nH]c(=O)oc2c1. The number of rotatable bonds is 3.